The van der Waals surface area contributed by atoms with Crippen LogP contribution in [0.3, 0.4) is 0 Å². The van der Waals surface area contributed by atoms with Gasteiger partial charge in [0.2, 0.25) is 5.91 Å². The summed E-state index contributed by atoms with van der Waals surface area (Å²) in [4.78, 5) is 17.1. The van der Waals surface area contributed by atoms with Crippen molar-refractivity contribution in [2.75, 3.05) is 38.0 Å². The highest BCUT2D eigenvalue weighted by molar-refractivity contribution is 7.00. The smallest absolute Gasteiger partial charge is 0.238 e. The molecule has 1 N–H and O–H groups in total. The van der Waals surface area contributed by atoms with Crippen molar-refractivity contribution in [2.45, 2.75) is 13.0 Å². The molecule has 4 rings (SSSR count). The summed E-state index contributed by atoms with van der Waals surface area (Å²) in [6, 6.07) is 12.3. The van der Waals surface area contributed by atoms with Crippen LogP contribution in [0.4, 0.5) is 10.1 Å². The van der Waals surface area contributed by atoms with Gasteiger partial charge in [-0.3, -0.25) is 14.6 Å². The molecule has 1 fully saturated rings. The van der Waals surface area contributed by atoms with Crippen LogP contribution in [-0.4, -0.2) is 57.2 Å². The van der Waals surface area contributed by atoms with Crippen LogP contribution in [0.1, 0.15) is 12.0 Å². The van der Waals surface area contributed by atoms with E-state index in [1.54, 1.807) is 0 Å². The summed E-state index contributed by atoms with van der Waals surface area (Å²) < 4.78 is 21.5. The number of carbonyl (C=O) groups is 1. The van der Waals surface area contributed by atoms with Gasteiger partial charge in [-0.15, -0.1) is 0 Å². The molecule has 1 saturated heterocycles. The quantitative estimate of drug-likeness (QED) is 0.715. The van der Waals surface area contributed by atoms with Crippen molar-refractivity contribution < 1.29 is 9.18 Å². The lowest BCUT2D eigenvalue weighted by Gasteiger charge is -2.21. The van der Waals surface area contributed by atoms with E-state index in [-0.39, 0.29) is 11.7 Å². The third-order valence-corrected chi connectivity index (χ3v) is 5.47. The van der Waals surface area contributed by atoms with Crippen molar-refractivity contribution in [1.82, 2.24) is 18.5 Å². The van der Waals surface area contributed by atoms with Crippen molar-refractivity contribution in [3.05, 3.63) is 53.8 Å². The molecular formula is C20H22FN5OS. The Balaban J connectivity index is 1.30. The lowest BCUT2D eigenvalue weighted by Crippen LogP contribution is -2.36. The number of fused-ring (bicyclic) bond motifs is 1. The van der Waals surface area contributed by atoms with E-state index < -0.39 is 0 Å². The molecule has 0 unspecified atom stereocenters. The normalized spacial score (nSPS) is 16.2. The summed E-state index contributed by atoms with van der Waals surface area (Å²) in [6.07, 6.45) is 1.00. The van der Waals surface area contributed by atoms with Gasteiger partial charge in [0.25, 0.3) is 0 Å². The van der Waals surface area contributed by atoms with Crippen molar-refractivity contribution in [3.63, 3.8) is 0 Å². The highest BCUT2D eigenvalue weighted by Gasteiger charge is 2.18. The van der Waals surface area contributed by atoms with E-state index in [0.717, 1.165) is 67.5 Å². The van der Waals surface area contributed by atoms with Crippen LogP contribution < -0.4 is 5.32 Å². The van der Waals surface area contributed by atoms with Crippen LogP contribution in [0, 0.1) is 5.82 Å². The Labute approximate surface area is 167 Å². The van der Waals surface area contributed by atoms with Crippen LogP contribution in [0.15, 0.2) is 42.5 Å². The molecule has 0 saturated carbocycles. The molecule has 0 spiro atoms. The van der Waals surface area contributed by atoms with Gasteiger partial charge in [-0.05, 0) is 49.3 Å². The molecule has 0 radical (unpaired) electrons. The van der Waals surface area contributed by atoms with Gasteiger partial charge in [-0.2, -0.15) is 8.75 Å². The summed E-state index contributed by atoms with van der Waals surface area (Å²) in [5.41, 5.74) is 3.36. The first kappa shape index (κ1) is 18.9. The van der Waals surface area contributed by atoms with Crippen molar-refractivity contribution in [2.24, 2.45) is 0 Å². The van der Waals surface area contributed by atoms with Gasteiger partial charge >= 0.3 is 0 Å². The topological polar surface area (TPSA) is 61.4 Å². The minimum Gasteiger partial charge on any atom is -0.323 e. The third-order valence-electron chi connectivity index (χ3n) is 4.93. The zero-order valence-corrected chi connectivity index (χ0v) is 16.3. The van der Waals surface area contributed by atoms with E-state index in [2.05, 4.69) is 23.9 Å². The predicted molar refractivity (Wildman–Crippen MR) is 109 cm³/mol. The number of benzene rings is 2. The first-order valence-electron chi connectivity index (χ1n) is 9.38. The first-order valence-corrected chi connectivity index (χ1v) is 10.1. The number of hydrogen-bond acceptors (Lipinski definition) is 6. The van der Waals surface area contributed by atoms with Crippen molar-refractivity contribution in [3.8, 4) is 0 Å². The molecule has 8 heteroatoms. The lowest BCUT2D eigenvalue weighted by molar-refractivity contribution is -0.117. The monoisotopic (exact) mass is 399 g/mol. The summed E-state index contributed by atoms with van der Waals surface area (Å²) in [5.74, 6) is -0.242. The number of halogens is 1. The maximum absolute atomic E-state index is 13.1. The van der Waals surface area contributed by atoms with Gasteiger partial charge in [0, 0.05) is 19.6 Å². The first-order chi connectivity index (χ1) is 13.7. The Kier molecular flexibility index (Phi) is 5.90. The van der Waals surface area contributed by atoms with Crippen molar-refractivity contribution in [1.29, 1.82) is 0 Å². The molecule has 1 aliphatic rings. The maximum atomic E-state index is 13.1. The number of nitrogens with one attached hydrogen (secondary N) is 1. The summed E-state index contributed by atoms with van der Waals surface area (Å²) in [6.45, 7) is 4.74. The number of rotatable bonds is 5. The van der Waals surface area contributed by atoms with Crippen LogP contribution in [-0.2, 0) is 11.3 Å². The SMILES string of the molecule is O=C(CN1CCCN(Cc2ccc(F)cc2)CC1)Nc1cccc2nsnc12. The molecule has 3 aromatic rings. The standard InChI is InChI=1S/C20H22FN5OS/c21-16-7-5-15(6-8-16)13-25-9-2-10-26(12-11-25)14-19(27)22-17-3-1-4-18-20(17)24-28-23-18/h1,3-8H,2,9-14H2,(H,22,27). The molecule has 2 heterocycles. The Hall–Kier alpha value is -2.42. The molecule has 0 aliphatic carbocycles. The maximum Gasteiger partial charge on any atom is 0.238 e. The zero-order chi connectivity index (χ0) is 19.3. The van der Waals surface area contributed by atoms with E-state index in [4.69, 9.17) is 0 Å². The number of carbonyl (C=O) groups excluding carboxylic acids is 1. The number of nitrogens with zero attached hydrogens (tertiary/aromatic N) is 4. The average Bonchev–Trinajstić information content (AvgIpc) is 3.07. The molecule has 0 atom stereocenters. The molecule has 1 aliphatic heterocycles. The minimum atomic E-state index is -0.207. The van der Waals surface area contributed by atoms with E-state index in [1.807, 2.05) is 30.3 Å². The second-order valence-corrected chi connectivity index (χ2v) is 7.55. The van der Waals surface area contributed by atoms with E-state index in [9.17, 15) is 9.18 Å². The second kappa shape index (κ2) is 8.72. The van der Waals surface area contributed by atoms with E-state index >= 15 is 0 Å². The van der Waals surface area contributed by atoms with Crippen LogP contribution >= 0.6 is 11.7 Å². The fraction of sp³-hybridized carbons (Fsp3) is 0.350. The Morgan fingerprint density at radius 2 is 1.82 bits per heavy atom. The fourth-order valence-corrected chi connectivity index (χ4v) is 4.04. The van der Waals surface area contributed by atoms with Crippen molar-refractivity contribution >= 4 is 34.4 Å². The van der Waals surface area contributed by atoms with Gasteiger partial charge < -0.3 is 5.32 Å². The Morgan fingerprint density at radius 3 is 2.68 bits per heavy atom. The van der Waals surface area contributed by atoms with Gasteiger partial charge in [0.1, 0.15) is 16.9 Å². The van der Waals surface area contributed by atoms with Gasteiger partial charge in [0.15, 0.2) is 0 Å². The molecule has 146 valence electrons. The molecular weight excluding hydrogens is 377 g/mol. The van der Waals surface area contributed by atoms with Crippen LogP contribution in [0.5, 0.6) is 0 Å². The number of hydrogen-bond donors (Lipinski definition) is 1. The Morgan fingerprint density at radius 1 is 1.04 bits per heavy atom. The van der Waals surface area contributed by atoms with Gasteiger partial charge in [0.05, 0.1) is 24.0 Å². The zero-order valence-electron chi connectivity index (χ0n) is 15.5. The predicted octanol–water partition coefficient (Wildman–Crippen LogP) is 2.98. The molecule has 2 aromatic carbocycles. The number of anilines is 1. The second-order valence-electron chi connectivity index (χ2n) is 7.02. The highest BCUT2D eigenvalue weighted by atomic mass is 32.1. The number of amides is 1. The average molecular weight is 399 g/mol. The van der Waals surface area contributed by atoms with Crippen LogP contribution in [0.25, 0.3) is 11.0 Å². The summed E-state index contributed by atoms with van der Waals surface area (Å²) >= 11 is 1.15. The molecule has 0 bridgehead atoms. The molecule has 1 aromatic heterocycles. The summed E-state index contributed by atoms with van der Waals surface area (Å²) in [7, 11) is 0. The largest absolute Gasteiger partial charge is 0.323 e. The highest BCUT2D eigenvalue weighted by Crippen LogP contribution is 2.21. The summed E-state index contributed by atoms with van der Waals surface area (Å²) in [5, 5.41) is 2.97. The molecule has 28 heavy (non-hydrogen) atoms. The third kappa shape index (κ3) is 4.70. The van der Waals surface area contributed by atoms with E-state index in [1.165, 1.54) is 12.1 Å². The molecule has 6 nitrogen and oxygen atoms in total. The Bertz CT molecular complexity index is 945. The van der Waals surface area contributed by atoms with Gasteiger partial charge in [-0.25, -0.2) is 4.39 Å². The number of aromatic nitrogens is 2. The minimum absolute atomic E-state index is 0.0347. The lowest BCUT2D eigenvalue weighted by atomic mass is 10.2. The van der Waals surface area contributed by atoms with Crippen LogP contribution in [0.2, 0.25) is 0 Å². The fourth-order valence-electron chi connectivity index (χ4n) is 3.49. The van der Waals surface area contributed by atoms with Gasteiger partial charge in [-0.1, -0.05) is 18.2 Å². The molecule has 1 amide bonds. The van der Waals surface area contributed by atoms with E-state index in [0.29, 0.717) is 12.2 Å².